The molecule has 0 amide bonds. The molecular formula is C7H7NO. The summed E-state index contributed by atoms with van der Waals surface area (Å²) in [6, 6.07) is 0. The zero-order chi connectivity index (χ0) is 6.69. The van der Waals surface area contributed by atoms with Gasteiger partial charge in [0, 0.05) is 5.70 Å². The van der Waals surface area contributed by atoms with E-state index < -0.39 is 0 Å². The second-order valence-corrected chi connectivity index (χ2v) is 1.85. The minimum absolute atomic E-state index is 0.495. The molecule has 0 aromatic carbocycles. The van der Waals surface area contributed by atoms with Crippen molar-refractivity contribution < 1.29 is 4.79 Å². The molecule has 0 aromatic heterocycles. The molecule has 0 bridgehead atoms. The van der Waals surface area contributed by atoms with E-state index in [1.54, 1.807) is 12.0 Å². The molecule has 0 saturated carbocycles. The molecule has 1 aliphatic rings. The number of dihydropyridines is 1. The van der Waals surface area contributed by atoms with Crippen molar-refractivity contribution in [1.29, 1.82) is 0 Å². The SMILES string of the molecule is CC1=CC=CC(=C=O)N1. The van der Waals surface area contributed by atoms with Crippen LogP contribution in [0, 0.1) is 0 Å². The normalized spacial score (nSPS) is 16.1. The Bertz CT molecular complexity index is 219. The van der Waals surface area contributed by atoms with Crippen molar-refractivity contribution in [3.05, 3.63) is 29.6 Å². The van der Waals surface area contributed by atoms with Crippen LogP contribution in [0.3, 0.4) is 0 Å². The van der Waals surface area contributed by atoms with Gasteiger partial charge in [0.15, 0.2) is 5.94 Å². The number of allylic oxidation sites excluding steroid dienone is 4. The first-order valence-electron chi connectivity index (χ1n) is 2.70. The Hall–Kier alpha value is -1.27. The first-order valence-corrected chi connectivity index (χ1v) is 2.70. The minimum Gasteiger partial charge on any atom is -0.350 e. The summed E-state index contributed by atoms with van der Waals surface area (Å²) in [6.07, 6.45) is 5.38. The Morgan fingerprint density at radius 1 is 1.67 bits per heavy atom. The van der Waals surface area contributed by atoms with E-state index in [2.05, 4.69) is 5.32 Å². The quantitative estimate of drug-likeness (QED) is 0.479. The Balaban J connectivity index is 2.85. The van der Waals surface area contributed by atoms with Crippen LogP contribution in [-0.2, 0) is 4.79 Å². The maximum Gasteiger partial charge on any atom is 0.150 e. The summed E-state index contributed by atoms with van der Waals surface area (Å²) in [5.41, 5.74) is 1.46. The van der Waals surface area contributed by atoms with Crippen molar-refractivity contribution in [2.24, 2.45) is 0 Å². The molecule has 0 spiro atoms. The zero-order valence-electron chi connectivity index (χ0n) is 5.14. The summed E-state index contributed by atoms with van der Waals surface area (Å²) in [6.45, 7) is 1.89. The molecule has 1 N–H and O–H groups in total. The van der Waals surface area contributed by atoms with Crippen molar-refractivity contribution in [1.82, 2.24) is 5.32 Å². The molecule has 9 heavy (non-hydrogen) atoms. The number of nitrogens with one attached hydrogen (secondary N) is 1. The molecule has 1 rings (SSSR count). The fourth-order valence-electron chi connectivity index (χ4n) is 0.644. The van der Waals surface area contributed by atoms with Crippen LogP contribution in [0.5, 0.6) is 0 Å². The Morgan fingerprint density at radius 2 is 2.44 bits per heavy atom. The van der Waals surface area contributed by atoms with Crippen molar-refractivity contribution in [2.45, 2.75) is 6.92 Å². The third-order valence-corrected chi connectivity index (χ3v) is 1.05. The van der Waals surface area contributed by atoms with Gasteiger partial charge in [0.05, 0.1) is 0 Å². The van der Waals surface area contributed by atoms with E-state index in [9.17, 15) is 4.79 Å². The summed E-state index contributed by atoms with van der Waals surface area (Å²) in [7, 11) is 0. The van der Waals surface area contributed by atoms with E-state index in [-0.39, 0.29) is 0 Å². The van der Waals surface area contributed by atoms with Crippen LogP contribution in [0.4, 0.5) is 0 Å². The van der Waals surface area contributed by atoms with Gasteiger partial charge in [-0.05, 0) is 19.1 Å². The Morgan fingerprint density at radius 3 is 2.89 bits per heavy atom. The van der Waals surface area contributed by atoms with Crippen molar-refractivity contribution >= 4 is 5.94 Å². The fourth-order valence-corrected chi connectivity index (χ4v) is 0.644. The van der Waals surface area contributed by atoms with Gasteiger partial charge in [-0.2, -0.15) is 0 Å². The number of hydrogen-bond acceptors (Lipinski definition) is 2. The maximum atomic E-state index is 10.0. The van der Waals surface area contributed by atoms with Gasteiger partial charge in [0.1, 0.15) is 5.70 Å². The van der Waals surface area contributed by atoms with Gasteiger partial charge in [0.25, 0.3) is 0 Å². The standard InChI is InChI=1S/C7H7NO/c1-6-3-2-4-7(5-9)8-6/h2-4,8H,1H3. The molecule has 0 atom stereocenters. The molecule has 0 aromatic rings. The van der Waals surface area contributed by atoms with E-state index in [1.807, 2.05) is 19.1 Å². The molecular weight excluding hydrogens is 114 g/mol. The first kappa shape index (κ1) is 5.86. The first-order chi connectivity index (χ1) is 4.33. The predicted octanol–water partition coefficient (Wildman–Crippen LogP) is 0.765. The van der Waals surface area contributed by atoms with Crippen LogP contribution in [0.1, 0.15) is 6.92 Å². The van der Waals surface area contributed by atoms with Crippen LogP contribution in [0.2, 0.25) is 0 Å². The minimum atomic E-state index is 0.495. The summed E-state index contributed by atoms with van der Waals surface area (Å²) < 4.78 is 0. The summed E-state index contributed by atoms with van der Waals surface area (Å²) >= 11 is 0. The summed E-state index contributed by atoms with van der Waals surface area (Å²) in [5, 5.41) is 2.83. The molecule has 1 heterocycles. The lowest BCUT2D eigenvalue weighted by molar-refractivity contribution is 0.566. The van der Waals surface area contributed by atoms with E-state index >= 15 is 0 Å². The molecule has 0 unspecified atom stereocenters. The Labute approximate surface area is 53.6 Å². The highest BCUT2D eigenvalue weighted by Gasteiger charge is 1.95. The van der Waals surface area contributed by atoms with Gasteiger partial charge < -0.3 is 5.32 Å². The molecule has 46 valence electrons. The number of carbonyl (C=O) groups excluding carboxylic acids is 1. The van der Waals surface area contributed by atoms with Gasteiger partial charge in [-0.1, -0.05) is 6.08 Å². The van der Waals surface area contributed by atoms with Crippen LogP contribution in [0.25, 0.3) is 0 Å². The van der Waals surface area contributed by atoms with Gasteiger partial charge in [-0.3, -0.25) is 0 Å². The third kappa shape index (κ3) is 1.31. The van der Waals surface area contributed by atoms with Gasteiger partial charge in [-0.25, -0.2) is 4.79 Å². The lowest BCUT2D eigenvalue weighted by atomic mass is 10.3. The van der Waals surface area contributed by atoms with E-state index in [4.69, 9.17) is 0 Å². The van der Waals surface area contributed by atoms with Gasteiger partial charge >= 0.3 is 0 Å². The highest BCUT2D eigenvalue weighted by Crippen LogP contribution is 1.99. The van der Waals surface area contributed by atoms with Crippen LogP contribution in [-0.4, -0.2) is 5.94 Å². The third-order valence-electron chi connectivity index (χ3n) is 1.05. The Kier molecular flexibility index (Phi) is 1.52. The topological polar surface area (TPSA) is 29.1 Å². The maximum absolute atomic E-state index is 10.0. The number of hydrogen-bond donors (Lipinski definition) is 1. The summed E-state index contributed by atoms with van der Waals surface area (Å²) in [5.74, 6) is 1.76. The highest BCUT2D eigenvalue weighted by atomic mass is 16.1. The average molecular weight is 121 g/mol. The monoisotopic (exact) mass is 121 g/mol. The predicted molar refractivity (Wildman–Crippen MR) is 35.2 cm³/mol. The molecule has 2 nitrogen and oxygen atoms in total. The number of rotatable bonds is 0. The highest BCUT2D eigenvalue weighted by molar-refractivity contribution is 5.58. The zero-order valence-corrected chi connectivity index (χ0v) is 5.14. The second-order valence-electron chi connectivity index (χ2n) is 1.85. The molecule has 0 saturated heterocycles. The van der Waals surface area contributed by atoms with Crippen molar-refractivity contribution in [3.8, 4) is 0 Å². The smallest absolute Gasteiger partial charge is 0.150 e. The van der Waals surface area contributed by atoms with Crippen LogP contribution in [0.15, 0.2) is 29.6 Å². The second kappa shape index (κ2) is 2.33. The average Bonchev–Trinajstić information content (AvgIpc) is 1.88. The lowest BCUT2D eigenvalue weighted by Gasteiger charge is -2.05. The largest absolute Gasteiger partial charge is 0.350 e. The van der Waals surface area contributed by atoms with Crippen molar-refractivity contribution in [2.75, 3.05) is 0 Å². The van der Waals surface area contributed by atoms with Crippen LogP contribution >= 0.6 is 0 Å². The molecule has 0 radical (unpaired) electrons. The van der Waals surface area contributed by atoms with E-state index in [1.165, 1.54) is 0 Å². The summed E-state index contributed by atoms with van der Waals surface area (Å²) in [4.78, 5) is 10.0. The van der Waals surface area contributed by atoms with Crippen molar-refractivity contribution in [3.63, 3.8) is 0 Å². The van der Waals surface area contributed by atoms with Gasteiger partial charge in [0.2, 0.25) is 0 Å². The molecule has 1 aliphatic heterocycles. The molecule has 0 fully saturated rings. The molecule has 0 aliphatic carbocycles. The van der Waals surface area contributed by atoms with Gasteiger partial charge in [-0.15, -0.1) is 0 Å². The van der Waals surface area contributed by atoms with Crippen LogP contribution < -0.4 is 5.32 Å². The van der Waals surface area contributed by atoms with E-state index in [0.717, 1.165) is 5.70 Å². The fraction of sp³-hybridized carbons (Fsp3) is 0.143. The molecule has 2 heteroatoms. The van der Waals surface area contributed by atoms with E-state index in [0.29, 0.717) is 5.70 Å². The lowest BCUT2D eigenvalue weighted by Crippen LogP contribution is -2.11.